The molecule has 1 aromatic rings. The second kappa shape index (κ2) is 9.08. The Bertz CT molecular complexity index is 887. The molecular formula is C24H33ClFNO5. The minimum absolute atomic E-state index is 0.103. The van der Waals surface area contributed by atoms with E-state index in [1.165, 1.54) is 0 Å². The molecule has 8 heteroatoms. The number of fused-ring (bicyclic) bond motifs is 1. The third-order valence-electron chi connectivity index (χ3n) is 5.80. The molecule has 1 fully saturated rings. The molecule has 0 N–H and O–H groups in total. The Morgan fingerprint density at radius 2 is 1.94 bits per heavy atom. The molecule has 1 amide bonds. The first-order valence-electron chi connectivity index (χ1n) is 11.2. The Morgan fingerprint density at radius 1 is 1.31 bits per heavy atom. The summed E-state index contributed by atoms with van der Waals surface area (Å²) >= 11 is 6.43. The molecule has 0 bridgehead atoms. The van der Waals surface area contributed by atoms with Crippen LogP contribution in [0, 0.1) is 11.7 Å². The second-order valence-corrected chi connectivity index (χ2v) is 10.5. The molecule has 1 aromatic carbocycles. The highest BCUT2D eigenvalue weighted by atomic mass is 35.5. The minimum atomic E-state index is -0.716. The normalized spacial score (nSPS) is 19.2. The molecule has 1 saturated heterocycles. The molecule has 32 heavy (non-hydrogen) atoms. The quantitative estimate of drug-likeness (QED) is 0.546. The van der Waals surface area contributed by atoms with Crippen molar-refractivity contribution in [1.82, 2.24) is 4.90 Å². The molecule has 0 saturated carbocycles. The van der Waals surface area contributed by atoms with E-state index in [0.29, 0.717) is 43.5 Å². The monoisotopic (exact) mass is 469 g/mol. The highest BCUT2D eigenvalue weighted by molar-refractivity contribution is 6.32. The van der Waals surface area contributed by atoms with Crippen LogP contribution in [0.5, 0.6) is 5.75 Å². The number of hydrogen-bond acceptors (Lipinski definition) is 5. The van der Waals surface area contributed by atoms with Crippen molar-refractivity contribution in [3.63, 3.8) is 0 Å². The molecule has 0 aromatic heterocycles. The van der Waals surface area contributed by atoms with Crippen LogP contribution < -0.4 is 4.74 Å². The van der Waals surface area contributed by atoms with Crippen LogP contribution >= 0.6 is 11.6 Å². The number of carbonyl (C=O) groups excluding carboxylic acids is 2. The summed E-state index contributed by atoms with van der Waals surface area (Å²) in [7, 11) is 0. The van der Waals surface area contributed by atoms with Gasteiger partial charge in [-0.05, 0) is 71.9 Å². The van der Waals surface area contributed by atoms with E-state index in [-0.39, 0.29) is 29.4 Å². The molecular weight excluding hydrogens is 437 g/mol. The molecule has 1 atom stereocenters. The van der Waals surface area contributed by atoms with E-state index in [0.717, 1.165) is 0 Å². The molecule has 3 rings (SSSR count). The third kappa shape index (κ3) is 5.30. The van der Waals surface area contributed by atoms with E-state index in [2.05, 4.69) is 0 Å². The van der Waals surface area contributed by atoms with Crippen LogP contribution in [0.3, 0.4) is 0 Å². The average molecular weight is 470 g/mol. The van der Waals surface area contributed by atoms with Gasteiger partial charge in [-0.15, -0.1) is 0 Å². The van der Waals surface area contributed by atoms with Crippen molar-refractivity contribution >= 4 is 23.7 Å². The van der Waals surface area contributed by atoms with Gasteiger partial charge in [-0.25, -0.2) is 9.18 Å². The smallest absolute Gasteiger partial charge is 0.410 e. The Balaban J connectivity index is 1.86. The highest BCUT2D eigenvalue weighted by Crippen LogP contribution is 2.45. The van der Waals surface area contributed by atoms with Crippen LogP contribution in [-0.2, 0) is 20.7 Å². The fraction of sp³-hybridized carbons (Fsp3) is 0.667. The number of likely N-dealkylation sites (tertiary alicyclic amines) is 1. The van der Waals surface area contributed by atoms with E-state index >= 15 is 4.39 Å². The number of nitrogens with zero attached hydrogens (tertiary/aromatic N) is 1. The van der Waals surface area contributed by atoms with Crippen molar-refractivity contribution < 1.29 is 28.2 Å². The number of amides is 1. The van der Waals surface area contributed by atoms with Crippen molar-refractivity contribution in [2.45, 2.75) is 77.9 Å². The first-order chi connectivity index (χ1) is 14.8. The first-order valence-corrected chi connectivity index (χ1v) is 11.5. The van der Waals surface area contributed by atoms with Gasteiger partial charge in [0.05, 0.1) is 17.5 Å². The zero-order valence-corrected chi connectivity index (χ0v) is 20.5. The van der Waals surface area contributed by atoms with Crippen molar-refractivity contribution in [2.24, 2.45) is 5.92 Å². The van der Waals surface area contributed by atoms with Crippen molar-refractivity contribution in [3.8, 4) is 5.75 Å². The highest BCUT2D eigenvalue weighted by Gasteiger charge is 2.40. The van der Waals surface area contributed by atoms with Crippen LogP contribution in [0.1, 0.15) is 71.4 Å². The van der Waals surface area contributed by atoms with Crippen LogP contribution in [0.2, 0.25) is 5.02 Å². The Morgan fingerprint density at radius 3 is 2.50 bits per heavy atom. The van der Waals surface area contributed by atoms with Gasteiger partial charge in [0.2, 0.25) is 0 Å². The van der Waals surface area contributed by atoms with Gasteiger partial charge in [-0.3, -0.25) is 4.79 Å². The van der Waals surface area contributed by atoms with Gasteiger partial charge in [0.15, 0.2) is 11.6 Å². The maximum atomic E-state index is 15.1. The van der Waals surface area contributed by atoms with Crippen molar-refractivity contribution in [1.29, 1.82) is 0 Å². The minimum Gasteiger partial charge on any atom is -0.484 e. The van der Waals surface area contributed by atoms with Gasteiger partial charge < -0.3 is 19.1 Å². The first kappa shape index (κ1) is 24.6. The number of ether oxygens (including phenoxy) is 3. The molecule has 178 valence electrons. The second-order valence-electron chi connectivity index (χ2n) is 10.2. The van der Waals surface area contributed by atoms with Gasteiger partial charge in [-0.2, -0.15) is 0 Å². The van der Waals surface area contributed by atoms with E-state index in [1.54, 1.807) is 17.9 Å². The van der Waals surface area contributed by atoms with Crippen LogP contribution in [-0.4, -0.2) is 47.9 Å². The van der Waals surface area contributed by atoms with E-state index in [4.69, 9.17) is 25.8 Å². The van der Waals surface area contributed by atoms with E-state index < -0.39 is 28.9 Å². The molecule has 2 aliphatic heterocycles. The van der Waals surface area contributed by atoms with Gasteiger partial charge in [0, 0.05) is 25.1 Å². The molecule has 6 nitrogen and oxygen atoms in total. The Hall–Kier alpha value is -2.02. The standard InChI is InChI=1S/C24H33ClFNO5/c1-7-30-21(28)17(14-8-10-27(11-9-14)22(29)32-23(2,3)4)16-12-15-13-24(5,6)31-20(15)19(26)18(16)25/h12,14,17H,7-11,13H2,1-6H3. The zero-order chi connectivity index (χ0) is 23.8. The molecule has 2 aliphatic rings. The number of rotatable bonds is 4. The molecule has 0 aliphatic carbocycles. The van der Waals surface area contributed by atoms with Crippen LogP contribution in [0.25, 0.3) is 0 Å². The Labute approximate surface area is 194 Å². The molecule has 2 heterocycles. The predicted molar refractivity (Wildman–Crippen MR) is 120 cm³/mol. The van der Waals surface area contributed by atoms with Gasteiger partial charge in [0.1, 0.15) is 11.2 Å². The summed E-state index contributed by atoms with van der Waals surface area (Å²) in [4.78, 5) is 27.1. The number of carbonyl (C=O) groups is 2. The largest absolute Gasteiger partial charge is 0.484 e. The lowest BCUT2D eigenvalue weighted by atomic mass is 9.79. The van der Waals surface area contributed by atoms with E-state index in [9.17, 15) is 9.59 Å². The van der Waals surface area contributed by atoms with Gasteiger partial charge >= 0.3 is 12.1 Å². The lowest BCUT2D eigenvalue weighted by Gasteiger charge is -2.36. The summed E-state index contributed by atoms with van der Waals surface area (Å²) < 4.78 is 31.7. The summed E-state index contributed by atoms with van der Waals surface area (Å²) in [6.07, 6.45) is 1.26. The predicted octanol–water partition coefficient (Wildman–Crippen LogP) is 5.49. The van der Waals surface area contributed by atoms with Crippen molar-refractivity contribution in [2.75, 3.05) is 19.7 Å². The molecule has 0 spiro atoms. The number of piperidine rings is 1. The summed E-state index contributed by atoms with van der Waals surface area (Å²) in [6.45, 7) is 12.1. The topological polar surface area (TPSA) is 65.1 Å². The maximum Gasteiger partial charge on any atom is 0.410 e. The molecule has 0 radical (unpaired) electrons. The summed E-state index contributed by atoms with van der Waals surface area (Å²) in [5, 5.41) is -0.103. The SMILES string of the molecule is CCOC(=O)C(c1cc2c(c(F)c1Cl)OC(C)(C)C2)C1CCN(C(=O)OC(C)(C)C)CC1. The van der Waals surface area contributed by atoms with Crippen LogP contribution in [0.15, 0.2) is 6.07 Å². The van der Waals surface area contributed by atoms with E-state index in [1.807, 2.05) is 34.6 Å². The fourth-order valence-electron chi connectivity index (χ4n) is 4.47. The lowest BCUT2D eigenvalue weighted by Crippen LogP contribution is -2.43. The number of halogens is 2. The van der Waals surface area contributed by atoms with Crippen LogP contribution in [0.4, 0.5) is 9.18 Å². The van der Waals surface area contributed by atoms with Crippen molar-refractivity contribution in [3.05, 3.63) is 28.0 Å². The number of esters is 1. The fourth-order valence-corrected chi connectivity index (χ4v) is 4.73. The molecule has 1 unspecified atom stereocenters. The lowest BCUT2D eigenvalue weighted by molar-refractivity contribution is -0.146. The maximum absolute atomic E-state index is 15.1. The summed E-state index contributed by atoms with van der Waals surface area (Å²) in [5.74, 6) is -1.76. The summed E-state index contributed by atoms with van der Waals surface area (Å²) in [5.41, 5.74) is 0.0153. The zero-order valence-electron chi connectivity index (χ0n) is 19.7. The number of benzene rings is 1. The Kier molecular flexibility index (Phi) is 6.99. The average Bonchev–Trinajstić information content (AvgIpc) is 3.00. The van der Waals surface area contributed by atoms with Gasteiger partial charge in [-0.1, -0.05) is 11.6 Å². The third-order valence-corrected chi connectivity index (χ3v) is 6.18. The summed E-state index contributed by atoms with van der Waals surface area (Å²) in [6, 6.07) is 1.79. The number of hydrogen-bond donors (Lipinski definition) is 0. The van der Waals surface area contributed by atoms with Gasteiger partial charge in [0.25, 0.3) is 0 Å².